The third-order valence-electron chi connectivity index (χ3n) is 2.61. The number of hydrogen-bond donors (Lipinski definition) is 1. The van der Waals surface area contributed by atoms with Crippen LogP contribution in [0, 0.1) is 22.7 Å². The van der Waals surface area contributed by atoms with Gasteiger partial charge < -0.3 is 10.1 Å². The highest BCUT2D eigenvalue weighted by Gasteiger charge is 2.08. The Kier molecular flexibility index (Phi) is 4.53. The summed E-state index contributed by atoms with van der Waals surface area (Å²) in [6.45, 7) is 0. The van der Waals surface area contributed by atoms with E-state index in [0.29, 0.717) is 22.7 Å². The van der Waals surface area contributed by atoms with Crippen LogP contribution in [-0.4, -0.2) is 5.91 Å². The topological polar surface area (TPSA) is 85.9 Å². The van der Waals surface area contributed by atoms with Gasteiger partial charge in [-0.25, -0.2) is 0 Å². The van der Waals surface area contributed by atoms with Crippen molar-refractivity contribution in [1.29, 1.82) is 10.5 Å². The second-order valence-corrected chi connectivity index (χ2v) is 4.12. The molecule has 0 fully saturated rings. The first-order valence-corrected chi connectivity index (χ1v) is 6.17. The molecule has 1 amide bonds. The molecule has 0 saturated heterocycles. The van der Waals surface area contributed by atoms with Crippen molar-refractivity contribution in [2.75, 3.05) is 5.32 Å². The Morgan fingerprint density at radius 3 is 2.48 bits per heavy atom. The van der Waals surface area contributed by atoms with E-state index in [9.17, 15) is 4.79 Å². The van der Waals surface area contributed by atoms with E-state index >= 15 is 0 Å². The van der Waals surface area contributed by atoms with Gasteiger partial charge in [-0.05, 0) is 36.4 Å². The van der Waals surface area contributed by atoms with Crippen molar-refractivity contribution in [3.8, 4) is 23.6 Å². The summed E-state index contributed by atoms with van der Waals surface area (Å²) in [6.07, 6.45) is -0.217. The summed E-state index contributed by atoms with van der Waals surface area (Å²) in [5.74, 6) is 0.623. The van der Waals surface area contributed by atoms with Gasteiger partial charge >= 0.3 is 0 Å². The highest BCUT2D eigenvalue weighted by molar-refractivity contribution is 5.93. The molecule has 0 unspecified atom stereocenters. The fourth-order valence-electron chi connectivity index (χ4n) is 1.65. The summed E-state index contributed by atoms with van der Waals surface area (Å²) in [5.41, 5.74) is 1.03. The van der Waals surface area contributed by atoms with Crippen LogP contribution in [0.2, 0.25) is 0 Å². The van der Waals surface area contributed by atoms with Gasteiger partial charge in [0, 0.05) is 0 Å². The standard InChI is InChI=1S/C16H11N3O2/c17-10-9-16(20)19-14-3-1-2-4-15(14)21-13-7-5-12(11-18)6-8-13/h1-8H,9H2,(H,19,20). The van der Waals surface area contributed by atoms with Crippen molar-refractivity contribution in [3.05, 3.63) is 54.1 Å². The lowest BCUT2D eigenvalue weighted by molar-refractivity contribution is -0.115. The first-order valence-electron chi connectivity index (χ1n) is 6.17. The number of nitriles is 2. The van der Waals surface area contributed by atoms with E-state index < -0.39 is 5.91 Å². The van der Waals surface area contributed by atoms with Crippen LogP contribution in [0.25, 0.3) is 0 Å². The number of para-hydroxylation sites is 2. The molecule has 2 aromatic carbocycles. The maximum atomic E-state index is 11.5. The average molecular weight is 277 g/mol. The van der Waals surface area contributed by atoms with Gasteiger partial charge in [-0.1, -0.05) is 12.1 Å². The van der Waals surface area contributed by atoms with Crippen LogP contribution in [0.1, 0.15) is 12.0 Å². The van der Waals surface area contributed by atoms with Crippen molar-refractivity contribution in [3.63, 3.8) is 0 Å². The molecule has 1 N–H and O–H groups in total. The van der Waals surface area contributed by atoms with E-state index in [1.807, 2.05) is 6.07 Å². The third-order valence-corrected chi connectivity index (χ3v) is 2.61. The fourth-order valence-corrected chi connectivity index (χ4v) is 1.65. The predicted octanol–water partition coefficient (Wildman–Crippen LogP) is 3.20. The van der Waals surface area contributed by atoms with Crippen LogP contribution in [0.5, 0.6) is 11.5 Å². The molecule has 0 spiro atoms. The highest BCUT2D eigenvalue weighted by atomic mass is 16.5. The molecular weight excluding hydrogens is 266 g/mol. The van der Waals surface area contributed by atoms with Crippen LogP contribution in [0.15, 0.2) is 48.5 Å². The van der Waals surface area contributed by atoms with Gasteiger partial charge in [0.15, 0.2) is 5.75 Å². The van der Waals surface area contributed by atoms with Crippen LogP contribution < -0.4 is 10.1 Å². The van der Waals surface area contributed by atoms with Gasteiger partial charge in [0.2, 0.25) is 5.91 Å². The molecule has 0 bridgehead atoms. The molecule has 2 aromatic rings. The lowest BCUT2D eigenvalue weighted by Crippen LogP contribution is -2.10. The Hall–Kier alpha value is -3.31. The number of nitrogens with zero attached hydrogens (tertiary/aromatic N) is 2. The molecule has 0 aromatic heterocycles. The summed E-state index contributed by atoms with van der Waals surface area (Å²) in [7, 11) is 0. The Morgan fingerprint density at radius 2 is 1.81 bits per heavy atom. The van der Waals surface area contributed by atoms with Gasteiger partial charge in [0.1, 0.15) is 12.2 Å². The number of amides is 1. The molecule has 5 nitrogen and oxygen atoms in total. The molecule has 0 aliphatic carbocycles. The normalized spacial score (nSPS) is 9.24. The molecule has 5 heteroatoms. The quantitative estimate of drug-likeness (QED) is 0.929. The monoisotopic (exact) mass is 277 g/mol. The highest BCUT2D eigenvalue weighted by Crippen LogP contribution is 2.29. The SMILES string of the molecule is N#CCC(=O)Nc1ccccc1Oc1ccc(C#N)cc1. The van der Waals surface area contributed by atoms with Gasteiger partial charge in [0.05, 0.1) is 23.4 Å². The molecule has 0 radical (unpaired) electrons. The summed E-state index contributed by atoms with van der Waals surface area (Å²) in [4.78, 5) is 11.5. The van der Waals surface area contributed by atoms with Gasteiger partial charge in [-0.2, -0.15) is 10.5 Å². The molecule has 0 aliphatic rings. The number of anilines is 1. The number of ether oxygens (including phenoxy) is 1. The predicted molar refractivity (Wildman–Crippen MR) is 76.5 cm³/mol. The molecule has 0 saturated carbocycles. The molecule has 0 aliphatic heterocycles. The summed E-state index contributed by atoms with van der Waals surface area (Å²) < 4.78 is 5.68. The van der Waals surface area contributed by atoms with Gasteiger partial charge in [-0.3, -0.25) is 4.79 Å². The zero-order chi connectivity index (χ0) is 15.1. The number of hydrogen-bond acceptors (Lipinski definition) is 4. The van der Waals surface area contributed by atoms with E-state index in [0.717, 1.165) is 0 Å². The van der Waals surface area contributed by atoms with Crippen molar-refractivity contribution in [2.45, 2.75) is 6.42 Å². The van der Waals surface area contributed by atoms with Gasteiger partial charge in [0.25, 0.3) is 0 Å². The molecule has 21 heavy (non-hydrogen) atoms. The van der Waals surface area contributed by atoms with E-state index in [1.165, 1.54) is 0 Å². The van der Waals surface area contributed by atoms with E-state index in [-0.39, 0.29) is 6.42 Å². The van der Waals surface area contributed by atoms with E-state index in [2.05, 4.69) is 5.32 Å². The summed E-state index contributed by atoms with van der Waals surface area (Å²) in [5, 5.41) is 19.9. The van der Waals surface area contributed by atoms with Crippen molar-refractivity contribution < 1.29 is 9.53 Å². The minimum absolute atomic E-state index is 0.217. The molecule has 0 heterocycles. The fraction of sp³-hybridized carbons (Fsp3) is 0.0625. The van der Waals surface area contributed by atoms with Gasteiger partial charge in [-0.15, -0.1) is 0 Å². The van der Waals surface area contributed by atoms with Crippen LogP contribution in [0.4, 0.5) is 5.69 Å². The number of carbonyl (C=O) groups is 1. The van der Waals surface area contributed by atoms with Crippen molar-refractivity contribution >= 4 is 11.6 Å². The Labute approximate surface area is 122 Å². The largest absolute Gasteiger partial charge is 0.455 e. The van der Waals surface area contributed by atoms with E-state index in [1.54, 1.807) is 54.6 Å². The summed E-state index contributed by atoms with van der Waals surface area (Å²) >= 11 is 0. The molecule has 102 valence electrons. The van der Waals surface area contributed by atoms with Crippen LogP contribution >= 0.6 is 0 Å². The smallest absolute Gasteiger partial charge is 0.238 e. The van der Waals surface area contributed by atoms with Crippen molar-refractivity contribution in [1.82, 2.24) is 0 Å². The lowest BCUT2D eigenvalue weighted by Gasteiger charge is -2.11. The van der Waals surface area contributed by atoms with Crippen LogP contribution in [0.3, 0.4) is 0 Å². The molecule has 0 atom stereocenters. The van der Waals surface area contributed by atoms with E-state index in [4.69, 9.17) is 15.3 Å². The second-order valence-electron chi connectivity index (χ2n) is 4.12. The second kappa shape index (κ2) is 6.74. The minimum atomic E-state index is -0.395. The number of benzene rings is 2. The lowest BCUT2D eigenvalue weighted by atomic mass is 10.2. The Balaban J connectivity index is 2.18. The zero-order valence-electron chi connectivity index (χ0n) is 11.0. The number of rotatable bonds is 4. The minimum Gasteiger partial charge on any atom is -0.455 e. The first kappa shape index (κ1) is 14.1. The Morgan fingerprint density at radius 1 is 1.10 bits per heavy atom. The maximum Gasteiger partial charge on any atom is 0.238 e. The number of nitrogens with one attached hydrogen (secondary N) is 1. The van der Waals surface area contributed by atoms with Crippen molar-refractivity contribution in [2.24, 2.45) is 0 Å². The maximum absolute atomic E-state index is 11.5. The third kappa shape index (κ3) is 3.82. The van der Waals surface area contributed by atoms with Crippen LogP contribution in [-0.2, 0) is 4.79 Å². The average Bonchev–Trinajstić information content (AvgIpc) is 2.50. The first-order chi connectivity index (χ1) is 10.2. The number of carbonyl (C=O) groups excluding carboxylic acids is 1. The Bertz CT molecular complexity index is 724. The molecule has 2 rings (SSSR count). The zero-order valence-corrected chi connectivity index (χ0v) is 11.0. The molecular formula is C16H11N3O2. The summed E-state index contributed by atoms with van der Waals surface area (Å²) in [6, 6.07) is 17.4.